The predicted molar refractivity (Wildman–Crippen MR) is 113 cm³/mol. The van der Waals surface area contributed by atoms with E-state index in [2.05, 4.69) is 10.3 Å². The summed E-state index contributed by atoms with van der Waals surface area (Å²) in [5.74, 6) is -0.209. The largest absolute Gasteiger partial charge is 0.497 e. The van der Waals surface area contributed by atoms with Crippen LogP contribution < -0.4 is 21.3 Å². The van der Waals surface area contributed by atoms with Gasteiger partial charge in [0.25, 0.3) is 11.5 Å². The summed E-state index contributed by atoms with van der Waals surface area (Å²) >= 11 is 0. The van der Waals surface area contributed by atoms with Crippen molar-refractivity contribution in [3.63, 3.8) is 0 Å². The van der Waals surface area contributed by atoms with Crippen molar-refractivity contribution in [1.82, 2.24) is 19.4 Å². The van der Waals surface area contributed by atoms with Crippen LogP contribution in [0.3, 0.4) is 0 Å². The van der Waals surface area contributed by atoms with E-state index in [0.29, 0.717) is 5.75 Å². The van der Waals surface area contributed by atoms with Crippen molar-refractivity contribution in [2.75, 3.05) is 7.11 Å². The fraction of sp³-hybridized carbons (Fsp3) is 0.136. The van der Waals surface area contributed by atoms with Gasteiger partial charge in [-0.25, -0.2) is 13.8 Å². The molecule has 4 rings (SSSR count). The Morgan fingerprint density at radius 3 is 2.42 bits per heavy atom. The number of rotatable bonds is 5. The van der Waals surface area contributed by atoms with E-state index >= 15 is 0 Å². The lowest BCUT2D eigenvalue weighted by molar-refractivity contribution is 0.0952. The highest BCUT2D eigenvalue weighted by molar-refractivity contribution is 6.05. The summed E-state index contributed by atoms with van der Waals surface area (Å²) in [4.78, 5) is 41.0. The second-order valence-electron chi connectivity index (χ2n) is 6.96. The number of benzene rings is 2. The smallest absolute Gasteiger partial charge is 0.333 e. The van der Waals surface area contributed by atoms with Crippen molar-refractivity contribution in [1.29, 1.82) is 0 Å². The summed E-state index contributed by atoms with van der Waals surface area (Å²) in [5, 5.41) is 2.78. The second kappa shape index (κ2) is 7.94. The van der Waals surface area contributed by atoms with Crippen molar-refractivity contribution in [2.45, 2.75) is 6.54 Å². The normalized spacial score (nSPS) is 10.9. The average Bonchev–Trinajstić information content (AvgIpc) is 3.10. The number of fused-ring (bicyclic) bond motifs is 1. The third-order valence-electron chi connectivity index (χ3n) is 4.96. The number of H-pyrrole nitrogens is 1. The van der Waals surface area contributed by atoms with Crippen molar-refractivity contribution >= 4 is 16.9 Å². The Balaban J connectivity index is 1.69. The van der Waals surface area contributed by atoms with Crippen molar-refractivity contribution in [3.05, 3.63) is 92.5 Å². The van der Waals surface area contributed by atoms with Gasteiger partial charge in [0.2, 0.25) is 0 Å². The number of hydrogen-bond donors (Lipinski definition) is 2. The Hall–Kier alpha value is -4.14. The molecule has 0 aliphatic rings. The monoisotopic (exact) mass is 422 g/mol. The molecule has 8 nitrogen and oxygen atoms in total. The van der Waals surface area contributed by atoms with Crippen LogP contribution in [0.4, 0.5) is 4.39 Å². The molecule has 1 amide bonds. The number of amides is 1. The van der Waals surface area contributed by atoms with E-state index in [1.54, 1.807) is 26.3 Å². The quantitative estimate of drug-likeness (QED) is 0.515. The summed E-state index contributed by atoms with van der Waals surface area (Å²) in [6.45, 7) is 0.260. The van der Waals surface area contributed by atoms with Crippen LogP contribution in [-0.2, 0) is 13.6 Å². The van der Waals surface area contributed by atoms with E-state index in [-0.39, 0.29) is 28.8 Å². The highest BCUT2D eigenvalue weighted by atomic mass is 19.1. The molecule has 0 saturated carbocycles. The van der Waals surface area contributed by atoms with Gasteiger partial charge in [0, 0.05) is 19.8 Å². The van der Waals surface area contributed by atoms with Gasteiger partial charge < -0.3 is 19.6 Å². The molecule has 0 aliphatic carbocycles. The first kappa shape index (κ1) is 20.1. The first-order valence-electron chi connectivity index (χ1n) is 9.40. The lowest BCUT2D eigenvalue weighted by atomic mass is 10.2. The first-order valence-corrected chi connectivity index (χ1v) is 9.40. The Morgan fingerprint density at radius 2 is 1.77 bits per heavy atom. The van der Waals surface area contributed by atoms with Gasteiger partial charge in [-0.1, -0.05) is 12.1 Å². The minimum Gasteiger partial charge on any atom is -0.497 e. The third-order valence-corrected chi connectivity index (χ3v) is 4.96. The Morgan fingerprint density at radius 1 is 1.10 bits per heavy atom. The number of methoxy groups -OCH3 is 1. The zero-order valence-corrected chi connectivity index (χ0v) is 16.8. The molecule has 31 heavy (non-hydrogen) atoms. The van der Waals surface area contributed by atoms with Gasteiger partial charge in [-0.05, 0) is 42.0 Å². The number of nitrogens with one attached hydrogen (secondary N) is 2. The summed E-state index contributed by atoms with van der Waals surface area (Å²) in [7, 11) is 3.18. The van der Waals surface area contributed by atoms with Crippen LogP contribution in [-0.4, -0.2) is 27.1 Å². The van der Waals surface area contributed by atoms with Gasteiger partial charge in [-0.15, -0.1) is 0 Å². The molecule has 0 atom stereocenters. The van der Waals surface area contributed by atoms with E-state index in [1.807, 2.05) is 12.1 Å². The fourth-order valence-corrected chi connectivity index (χ4v) is 3.39. The van der Waals surface area contributed by atoms with E-state index in [9.17, 15) is 18.8 Å². The molecule has 0 bridgehead atoms. The molecular formula is C22H19FN4O4. The molecule has 0 saturated heterocycles. The molecule has 2 N–H and O–H groups in total. The zero-order valence-electron chi connectivity index (χ0n) is 16.8. The molecule has 2 heterocycles. The van der Waals surface area contributed by atoms with Crippen molar-refractivity contribution in [3.8, 4) is 11.4 Å². The van der Waals surface area contributed by atoms with Gasteiger partial charge in [0.1, 0.15) is 17.1 Å². The highest BCUT2D eigenvalue weighted by Gasteiger charge is 2.20. The first-order chi connectivity index (χ1) is 14.9. The number of aromatic amines is 1. The molecule has 0 spiro atoms. The van der Waals surface area contributed by atoms with Gasteiger partial charge >= 0.3 is 5.69 Å². The Kier molecular flexibility index (Phi) is 5.16. The number of carbonyl (C=O) groups excluding carboxylic acids is 1. The van der Waals surface area contributed by atoms with Gasteiger partial charge in [0.15, 0.2) is 0 Å². The standard InChI is InChI=1S/C22H19FN4O4/c1-26-12-17(20(28)24-11-13-3-9-16(31-2)10-4-13)18-19(26)21(29)27(22(30)25-18)15-7-5-14(23)6-8-15/h3-10,12H,11H2,1-2H3,(H,24,28)(H,25,30). The number of carbonyl (C=O) groups is 1. The Bertz CT molecular complexity index is 1380. The van der Waals surface area contributed by atoms with Gasteiger partial charge in [-0.3, -0.25) is 9.59 Å². The summed E-state index contributed by atoms with van der Waals surface area (Å²) in [6, 6.07) is 12.2. The number of ether oxygens (including phenoxy) is 1. The predicted octanol–water partition coefficient (Wildman–Crippen LogP) is 2.10. The van der Waals surface area contributed by atoms with Crippen molar-refractivity contribution in [2.24, 2.45) is 7.05 Å². The summed E-state index contributed by atoms with van der Waals surface area (Å²) in [5.41, 5.74) is 0.220. The number of nitrogens with zero attached hydrogens (tertiary/aromatic N) is 2. The zero-order chi connectivity index (χ0) is 22.1. The summed E-state index contributed by atoms with van der Waals surface area (Å²) in [6.07, 6.45) is 1.49. The number of halogens is 1. The van der Waals surface area contributed by atoms with Crippen molar-refractivity contribution < 1.29 is 13.9 Å². The van der Waals surface area contributed by atoms with Gasteiger partial charge in [0.05, 0.1) is 23.9 Å². The number of aromatic nitrogens is 3. The maximum Gasteiger partial charge on any atom is 0.333 e. The lowest BCUT2D eigenvalue weighted by Gasteiger charge is -2.07. The average molecular weight is 422 g/mol. The minimum atomic E-state index is -0.723. The van der Waals surface area contributed by atoms with E-state index in [0.717, 1.165) is 22.3 Å². The van der Waals surface area contributed by atoms with Crippen LogP contribution in [0.2, 0.25) is 0 Å². The van der Waals surface area contributed by atoms with Crippen LogP contribution in [0, 0.1) is 5.82 Å². The maximum atomic E-state index is 13.2. The topological polar surface area (TPSA) is 98.1 Å². The molecule has 4 aromatic rings. The van der Waals surface area contributed by atoms with Crippen LogP contribution in [0.1, 0.15) is 15.9 Å². The van der Waals surface area contributed by atoms with Gasteiger partial charge in [-0.2, -0.15) is 0 Å². The lowest BCUT2D eigenvalue weighted by Crippen LogP contribution is -2.34. The molecule has 0 fully saturated rings. The molecule has 2 aromatic heterocycles. The SMILES string of the molecule is COc1ccc(CNC(=O)c2cn(C)c3c(=O)n(-c4ccc(F)cc4)c(=O)[nH]c23)cc1. The molecule has 0 unspecified atom stereocenters. The second-order valence-corrected chi connectivity index (χ2v) is 6.96. The highest BCUT2D eigenvalue weighted by Crippen LogP contribution is 2.16. The van der Waals surface area contributed by atoms with E-state index in [1.165, 1.54) is 22.9 Å². The summed E-state index contributed by atoms with van der Waals surface area (Å²) < 4.78 is 20.7. The minimum absolute atomic E-state index is 0.142. The van der Waals surface area contributed by atoms with Crippen LogP contribution in [0.15, 0.2) is 64.3 Å². The van der Waals surface area contributed by atoms with E-state index in [4.69, 9.17) is 4.74 Å². The van der Waals surface area contributed by atoms with Crippen LogP contribution >= 0.6 is 0 Å². The van der Waals surface area contributed by atoms with Crippen LogP contribution in [0.25, 0.3) is 16.7 Å². The Labute approximate surface area is 175 Å². The van der Waals surface area contributed by atoms with Crippen LogP contribution in [0.5, 0.6) is 5.75 Å². The molecule has 2 aromatic carbocycles. The molecule has 9 heteroatoms. The molecule has 0 aliphatic heterocycles. The fourth-order valence-electron chi connectivity index (χ4n) is 3.39. The maximum absolute atomic E-state index is 13.2. The molecule has 158 valence electrons. The number of hydrogen-bond acceptors (Lipinski definition) is 4. The molecular weight excluding hydrogens is 403 g/mol. The van der Waals surface area contributed by atoms with E-state index < -0.39 is 23.0 Å². The number of aryl methyl sites for hydroxylation is 1. The third kappa shape index (κ3) is 3.73. The molecule has 0 radical (unpaired) electrons.